The first-order valence-corrected chi connectivity index (χ1v) is 6.49. The number of halogens is 1. The van der Waals surface area contributed by atoms with Crippen molar-refractivity contribution in [3.63, 3.8) is 0 Å². The van der Waals surface area contributed by atoms with Crippen molar-refractivity contribution < 1.29 is 4.74 Å². The van der Waals surface area contributed by atoms with Crippen LogP contribution in [-0.4, -0.2) is 9.97 Å². The Hall–Kier alpha value is -1.65. The number of thiocarbonyl (C=S) groups is 1. The minimum absolute atomic E-state index is 0.335. The Morgan fingerprint density at radius 2 is 2.00 bits per heavy atom. The van der Waals surface area contributed by atoms with Crippen molar-refractivity contribution in [1.82, 2.24) is 4.98 Å². The standard InChI is InChI=1S/C14H13ClN2OS/c1-9-6-11(14(16)19)7-13(17-9)18-8-10-2-4-12(15)5-3-10/h2-7H,8H2,1H3,(H2,16,19). The number of aryl methyl sites for hydroxylation is 1. The second-order valence-electron chi connectivity index (χ2n) is 4.11. The molecule has 1 aromatic carbocycles. The summed E-state index contributed by atoms with van der Waals surface area (Å²) in [6.07, 6.45) is 0. The highest BCUT2D eigenvalue weighted by Crippen LogP contribution is 2.15. The summed E-state index contributed by atoms with van der Waals surface area (Å²) in [5, 5.41) is 0.702. The molecule has 19 heavy (non-hydrogen) atoms. The van der Waals surface area contributed by atoms with Crippen LogP contribution in [0.3, 0.4) is 0 Å². The maximum atomic E-state index is 5.82. The second-order valence-corrected chi connectivity index (χ2v) is 4.99. The maximum absolute atomic E-state index is 5.82. The molecular formula is C14H13ClN2OS. The first-order valence-electron chi connectivity index (χ1n) is 5.70. The molecular weight excluding hydrogens is 280 g/mol. The lowest BCUT2D eigenvalue weighted by atomic mass is 10.2. The Kier molecular flexibility index (Phi) is 4.35. The number of benzene rings is 1. The topological polar surface area (TPSA) is 48.1 Å². The molecule has 0 unspecified atom stereocenters. The van der Waals surface area contributed by atoms with Gasteiger partial charge in [0.1, 0.15) is 11.6 Å². The first-order chi connectivity index (χ1) is 9.04. The van der Waals surface area contributed by atoms with E-state index in [-0.39, 0.29) is 0 Å². The van der Waals surface area contributed by atoms with Crippen LogP contribution in [0.25, 0.3) is 0 Å². The molecule has 0 bridgehead atoms. The van der Waals surface area contributed by atoms with E-state index >= 15 is 0 Å². The first kappa shape index (κ1) is 13.8. The largest absolute Gasteiger partial charge is 0.473 e. The van der Waals surface area contributed by atoms with Crippen molar-refractivity contribution in [2.24, 2.45) is 5.73 Å². The quantitative estimate of drug-likeness (QED) is 0.879. The van der Waals surface area contributed by atoms with E-state index in [4.69, 9.17) is 34.3 Å². The summed E-state index contributed by atoms with van der Waals surface area (Å²) in [6, 6.07) is 11.0. The average molecular weight is 293 g/mol. The molecule has 0 fully saturated rings. The number of hydrogen-bond acceptors (Lipinski definition) is 3. The van der Waals surface area contributed by atoms with Crippen LogP contribution in [0.15, 0.2) is 36.4 Å². The van der Waals surface area contributed by atoms with Gasteiger partial charge in [-0.1, -0.05) is 36.0 Å². The summed E-state index contributed by atoms with van der Waals surface area (Å²) < 4.78 is 5.63. The van der Waals surface area contributed by atoms with Gasteiger partial charge >= 0.3 is 0 Å². The SMILES string of the molecule is Cc1cc(C(N)=S)cc(OCc2ccc(Cl)cc2)n1. The molecule has 2 aromatic rings. The van der Waals surface area contributed by atoms with Gasteiger partial charge in [-0.05, 0) is 30.7 Å². The highest BCUT2D eigenvalue weighted by molar-refractivity contribution is 7.80. The van der Waals surface area contributed by atoms with Crippen molar-refractivity contribution in [3.05, 3.63) is 58.2 Å². The predicted molar refractivity (Wildman–Crippen MR) is 80.6 cm³/mol. The van der Waals surface area contributed by atoms with E-state index in [1.54, 1.807) is 6.07 Å². The molecule has 0 aliphatic rings. The van der Waals surface area contributed by atoms with Crippen molar-refractivity contribution in [2.75, 3.05) is 0 Å². The molecule has 0 aliphatic carbocycles. The van der Waals surface area contributed by atoms with Gasteiger partial charge in [0.25, 0.3) is 0 Å². The molecule has 0 saturated carbocycles. The smallest absolute Gasteiger partial charge is 0.214 e. The van der Waals surface area contributed by atoms with Crippen LogP contribution in [0.5, 0.6) is 5.88 Å². The summed E-state index contributed by atoms with van der Waals surface area (Å²) >= 11 is 10.8. The molecule has 0 atom stereocenters. The highest BCUT2D eigenvalue weighted by Gasteiger charge is 2.04. The van der Waals surface area contributed by atoms with E-state index in [0.717, 1.165) is 16.8 Å². The van der Waals surface area contributed by atoms with Gasteiger partial charge in [0, 0.05) is 22.3 Å². The van der Waals surface area contributed by atoms with Crippen molar-refractivity contribution in [1.29, 1.82) is 0 Å². The summed E-state index contributed by atoms with van der Waals surface area (Å²) in [7, 11) is 0. The third kappa shape index (κ3) is 3.91. The van der Waals surface area contributed by atoms with Gasteiger partial charge in [0.15, 0.2) is 0 Å². The lowest BCUT2D eigenvalue weighted by molar-refractivity contribution is 0.293. The van der Waals surface area contributed by atoms with Gasteiger partial charge in [-0.3, -0.25) is 0 Å². The van der Waals surface area contributed by atoms with Crippen molar-refractivity contribution in [3.8, 4) is 5.88 Å². The van der Waals surface area contributed by atoms with E-state index in [9.17, 15) is 0 Å². The zero-order valence-corrected chi connectivity index (χ0v) is 12.0. The van der Waals surface area contributed by atoms with Crippen LogP contribution in [0.4, 0.5) is 0 Å². The van der Waals surface area contributed by atoms with E-state index < -0.39 is 0 Å². The third-order valence-corrected chi connectivity index (χ3v) is 3.00. The molecule has 5 heteroatoms. The zero-order valence-electron chi connectivity index (χ0n) is 10.4. The Morgan fingerprint density at radius 3 is 2.63 bits per heavy atom. The molecule has 1 aromatic heterocycles. The molecule has 2 N–H and O–H groups in total. The normalized spacial score (nSPS) is 10.2. The average Bonchev–Trinajstić information content (AvgIpc) is 2.37. The Labute approximate surface area is 122 Å². The van der Waals surface area contributed by atoms with Crippen molar-refractivity contribution in [2.45, 2.75) is 13.5 Å². The van der Waals surface area contributed by atoms with Gasteiger partial charge in [-0.2, -0.15) is 0 Å². The molecule has 0 saturated heterocycles. The number of ether oxygens (including phenoxy) is 1. The van der Waals surface area contributed by atoms with Crippen LogP contribution in [0, 0.1) is 6.92 Å². The summed E-state index contributed by atoms with van der Waals surface area (Å²) in [4.78, 5) is 4.62. The van der Waals surface area contributed by atoms with Gasteiger partial charge in [-0.25, -0.2) is 4.98 Å². The molecule has 2 rings (SSSR count). The maximum Gasteiger partial charge on any atom is 0.214 e. The van der Waals surface area contributed by atoms with Gasteiger partial charge in [-0.15, -0.1) is 0 Å². The Balaban J connectivity index is 2.11. The zero-order chi connectivity index (χ0) is 13.8. The fraction of sp³-hybridized carbons (Fsp3) is 0.143. The van der Waals surface area contributed by atoms with E-state index in [1.165, 1.54) is 0 Å². The Bertz CT molecular complexity index is 599. The predicted octanol–water partition coefficient (Wildman–Crippen LogP) is 3.26. The fourth-order valence-electron chi connectivity index (χ4n) is 1.59. The van der Waals surface area contributed by atoms with Crippen LogP contribution in [-0.2, 0) is 6.61 Å². The molecule has 0 spiro atoms. The monoisotopic (exact) mass is 292 g/mol. The van der Waals surface area contributed by atoms with Crippen LogP contribution in [0.2, 0.25) is 5.02 Å². The molecule has 98 valence electrons. The number of nitrogens with two attached hydrogens (primary N) is 1. The van der Waals surface area contributed by atoms with Gasteiger partial charge in [0.2, 0.25) is 5.88 Å². The lowest BCUT2D eigenvalue weighted by Gasteiger charge is -2.08. The van der Waals surface area contributed by atoms with Gasteiger partial charge in [0.05, 0.1) is 0 Å². The minimum atomic E-state index is 0.335. The minimum Gasteiger partial charge on any atom is -0.473 e. The summed E-state index contributed by atoms with van der Waals surface area (Å²) in [5.74, 6) is 0.512. The molecule has 1 heterocycles. The lowest BCUT2D eigenvalue weighted by Crippen LogP contribution is -2.10. The number of nitrogens with zero attached hydrogens (tertiary/aromatic N) is 1. The third-order valence-electron chi connectivity index (χ3n) is 2.51. The molecule has 3 nitrogen and oxygen atoms in total. The molecule has 0 amide bonds. The van der Waals surface area contributed by atoms with E-state index in [1.807, 2.05) is 37.3 Å². The number of aromatic nitrogens is 1. The van der Waals surface area contributed by atoms with Gasteiger partial charge < -0.3 is 10.5 Å². The van der Waals surface area contributed by atoms with Crippen molar-refractivity contribution >= 4 is 28.8 Å². The molecule has 0 radical (unpaired) electrons. The second kappa shape index (κ2) is 5.99. The fourth-order valence-corrected chi connectivity index (χ4v) is 1.84. The van der Waals surface area contributed by atoms with E-state index in [2.05, 4.69) is 4.98 Å². The molecule has 0 aliphatic heterocycles. The number of hydrogen-bond donors (Lipinski definition) is 1. The Morgan fingerprint density at radius 1 is 1.32 bits per heavy atom. The summed E-state index contributed by atoms with van der Waals surface area (Å²) in [5.41, 5.74) is 8.20. The van der Waals surface area contributed by atoms with Crippen LogP contribution in [0.1, 0.15) is 16.8 Å². The van der Waals surface area contributed by atoms with Crippen LogP contribution < -0.4 is 10.5 Å². The summed E-state index contributed by atoms with van der Waals surface area (Å²) in [6.45, 7) is 2.29. The highest BCUT2D eigenvalue weighted by atomic mass is 35.5. The number of rotatable bonds is 4. The number of pyridine rings is 1. The van der Waals surface area contributed by atoms with E-state index in [0.29, 0.717) is 22.5 Å². The van der Waals surface area contributed by atoms with Crippen LogP contribution >= 0.6 is 23.8 Å².